The maximum absolute atomic E-state index is 13.1. The molecule has 0 spiro atoms. The number of anilines is 1. The highest BCUT2D eigenvalue weighted by molar-refractivity contribution is 5.97. The number of rotatable bonds is 3. The second-order valence-corrected chi connectivity index (χ2v) is 5.22. The molecule has 1 amide bonds. The summed E-state index contributed by atoms with van der Waals surface area (Å²) in [6.07, 6.45) is -3.37. The average Bonchev–Trinajstić information content (AvgIpc) is 2.86. The SMILES string of the molecule is CC1(C(=O)Nc2ccc(CN)cc2C(F)(F)F)CCCO1. The van der Waals surface area contributed by atoms with Crippen molar-refractivity contribution >= 4 is 11.6 Å². The molecule has 1 aromatic rings. The Morgan fingerprint density at radius 3 is 2.71 bits per heavy atom. The fourth-order valence-corrected chi connectivity index (χ4v) is 2.27. The molecule has 2 rings (SSSR count). The minimum Gasteiger partial charge on any atom is -0.365 e. The van der Waals surface area contributed by atoms with Crippen molar-refractivity contribution in [2.75, 3.05) is 11.9 Å². The van der Waals surface area contributed by atoms with E-state index in [1.165, 1.54) is 12.1 Å². The fraction of sp³-hybridized carbons (Fsp3) is 0.500. The van der Waals surface area contributed by atoms with Crippen molar-refractivity contribution in [3.05, 3.63) is 29.3 Å². The predicted molar refractivity (Wildman–Crippen MR) is 71.6 cm³/mol. The van der Waals surface area contributed by atoms with Gasteiger partial charge in [-0.25, -0.2) is 0 Å². The van der Waals surface area contributed by atoms with Crippen LogP contribution >= 0.6 is 0 Å². The molecule has 0 aromatic heterocycles. The number of alkyl halides is 3. The van der Waals surface area contributed by atoms with E-state index in [0.29, 0.717) is 25.0 Å². The summed E-state index contributed by atoms with van der Waals surface area (Å²) in [6, 6.07) is 3.64. The Morgan fingerprint density at radius 1 is 1.48 bits per heavy atom. The van der Waals surface area contributed by atoms with Crippen LogP contribution in [0.5, 0.6) is 0 Å². The quantitative estimate of drug-likeness (QED) is 0.902. The molecule has 0 saturated carbocycles. The summed E-state index contributed by atoms with van der Waals surface area (Å²) in [5.41, 5.74) is 3.46. The van der Waals surface area contributed by atoms with Crippen LogP contribution in [0, 0.1) is 0 Å². The number of hydrogen-bond donors (Lipinski definition) is 2. The van der Waals surface area contributed by atoms with Crippen LogP contribution in [0.2, 0.25) is 0 Å². The van der Waals surface area contributed by atoms with Gasteiger partial charge in [0, 0.05) is 13.2 Å². The number of carbonyl (C=O) groups excluding carboxylic acids is 1. The molecule has 1 aromatic carbocycles. The van der Waals surface area contributed by atoms with Crippen LogP contribution in [0.1, 0.15) is 30.9 Å². The summed E-state index contributed by atoms with van der Waals surface area (Å²) in [4.78, 5) is 12.1. The summed E-state index contributed by atoms with van der Waals surface area (Å²) in [5.74, 6) is -0.564. The normalized spacial score (nSPS) is 22.3. The number of ether oxygens (including phenoxy) is 1. The third-order valence-corrected chi connectivity index (χ3v) is 3.57. The van der Waals surface area contributed by atoms with Crippen LogP contribution in [0.3, 0.4) is 0 Å². The summed E-state index contributed by atoms with van der Waals surface area (Å²) in [7, 11) is 0. The molecule has 3 N–H and O–H groups in total. The zero-order chi connectivity index (χ0) is 15.7. The van der Waals surface area contributed by atoms with Gasteiger partial charge in [0.15, 0.2) is 0 Å². The lowest BCUT2D eigenvalue weighted by Gasteiger charge is -2.23. The molecule has 7 heteroatoms. The van der Waals surface area contributed by atoms with Gasteiger partial charge < -0.3 is 15.8 Å². The molecule has 1 fully saturated rings. The number of benzene rings is 1. The van der Waals surface area contributed by atoms with Gasteiger partial charge in [-0.15, -0.1) is 0 Å². The Balaban J connectivity index is 2.29. The maximum Gasteiger partial charge on any atom is 0.418 e. The third kappa shape index (κ3) is 3.36. The smallest absolute Gasteiger partial charge is 0.365 e. The van der Waals surface area contributed by atoms with Gasteiger partial charge in [0.05, 0.1) is 11.3 Å². The number of hydrogen-bond acceptors (Lipinski definition) is 3. The molecular formula is C14H17F3N2O2. The highest BCUT2D eigenvalue weighted by atomic mass is 19.4. The molecule has 116 valence electrons. The van der Waals surface area contributed by atoms with Gasteiger partial charge in [0.1, 0.15) is 5.60 Å². The lowest BCUT2D eigenvalue weighted by Crippen LogP contribution is -2.39. The van der Waals surface area contributed by atoms with Crippen molar-refractivity contribution in [1.82, 2.24) is 0 Å². The molecule has 0 radical (unpaired) electrons. The van der Waals surface area contributed by atoms with E-state index in [2.05, 4.69) is 5.32 Å². The Hall–Kier alpha value is -1.60. The molecule has 0 bridgehead atoms. The number of nitrogens with two attached hydrogens (primary N) is 1. The van der Waals surface area contributed by atoms with Crippen molar-refractivity contribution in [2.24, 2.45) is 5.73 Å². The van der Waals surface area contributed by atoms with Crippen molar-refractivity contribution in [1.29, 1.82) is 0 Å². The monoisotopic (exact) mass is 302 g/mol. The van der Waals surface area contributed by atoms with Gasteiger partial charge >= 0.3 is 6.18 Å². The van der Waals surface area contributed by atoms with Gasteiger partial charge in [0.25, 0.3) is 5.91 Å². The van der Waals surface area contributed by atoms with Crippen molar-refractivity contribution in [3.63, 3.8) is 0 Å². The Kier molecular flexibility index (Phi) is 4.25. The van der Waals surface area contributed by atoms with Crippen LogP contribution < -0.4 is 11.1 Å². The van der Waals surface area contributed by atoms with Crippen LogP contribution in [-0.2, 0) is 22.3 Å². The Bertz CT molecular complexity index is 538. The van der Waals surface area contributed by atoms with Crippen LogP contribution in [0.25, 0.3) is 0 Å². The second-order valence-electron chi connectivity index (χ2n) is 5.22. The van der Waals surface area contributed by atoms with Gasteiger partial charge in [0.2, 0.25) is 0 Å². The summed E-state index contributed by atoms with van der Waals surface area (Å²) in [5, 5.41) is 2.33. The zero-order valence-corrected chi connectivity index (χ0v) is 11.6. The number of halogens is 3. The molecule has 1 aliphatic heterocycles. The van der Waals surface area contributed by atoms with Crippen LogP contribution in [-0.4, -0.2) is 18.1 Å². The zero-order valence-electron chi connectivity index (χ0n) is 11.6. The standard InChI is InChI=1S/C14H17F3N2O2/c1-13(5-2-6-21-13)12(20)19-11-4-3-9(8-18)7-10(11)14(15,16)17/h3-4,7H,2,5-6,8,18H2,1H3,(H,19,20). The first-order chi connectivity index (χ1) is 9.76. The number of carbonyl (C=O) groups is 1. The molecule has 0 aliphatic carbocycles. The maximum atomic E-state index is 13.1. The van der Waals surface area contributed by atoms with E-state index in [9.17, 15) is 18.0 Å². The highest BCUT2D eigenvalue weighted by Gasteiger charge is 2.40. The van der Waals surface area contributed by atoms with Gasteiger partial charge in [-0.2, -0.15) is 13.2 Å². The fourth-order valence-electron chi connectivity index (χ4n) is 2.27. The first-order valence-electron chi connectivity index (χ1n) is 6.62. The minimum absolute atomic E-state index is 0.00185. The van der Waals surface area contributed by atoms with Crippen molar-refractivity contribution < 1.29 is 22.7 Å². The molecule has 1 aliphatic rings. The Morgan fingerprint density at radius 2 is 2.19 bits per heavy atom. The topological polar surface area (TPSA) is 64.4 Å². The van der Waals surface area contributed by atoms with Crippen molar-refractivity contribution in [2.45, 2.75) is 38.1 Å². The first-order valence-corrected chi connectivity index (χ1v) is 6.62. The van der Waals surface area contributed by atoms with Crippen LogP contribution in [0.15, 0.2) is 18.2 Å². The third-order valence-electron chi connectivity index (χ3n) is 3.57. The van der Waals surface area contributed by atoms with E-state index < -0.39 is 23.2 Å². The first kappa shape index (κ1) is 15.8. The minimum atomic E-state index is -4.56. The van der Waals surface area contributed by atoms with Gasteiger partial charge in [-0.1, -0.05) is 6.07 Å². The molecule has 21 heavy (non-hydrogen) atoms. The average molecular weight is 302 g/mol. The van der Waals surface area contributed by atoms with E-state index in [-0.39, 0.29) is 12.2 Å². The molecule has 1 saturated heterocycles. The van der Waals surface area contributed by atoms with Gasteiger partial charge in [-0.3, -0.25) is 4.79 Å². The van der Waals surface area contributed by atoms with E-state index >= 15 is 0 Å². The number of nitrogens with one attached hydrogen (secondary N) is 1. The molecule has 1 unspecified atom stereocenters. The number of amides is 1. The summed E-state index contributed by atoms with van der Waals surface area (Å²) < 4.78 is 44.5. The highest BCUT2D eigenvalue weighted by Crippen LogP contribution is 2.36. The molecule has 1 atom stereocenters. The van der Waals surface area contributed by atoms with E-state index in [1.807, 2.05) is 0 Å². The van der Waals surface area contributed by atoms with E-state index in [0.717, 1.165) is 6.07 Å². The molecule has 4 nitrogen and oxygen atoms in total. The second kappa shape index (κ2) is 5.65. The van der Waals surface area contributed by atoms with Gasteiger partial charge in [-0.05, 0) is 37.5 Å². The predicted octanol–water partition coefficient (Wildman–Crippen LogP) is 2.67. The largest absolute Gasteiger partial charge is 0.418 e. The van der Waals surface area contributed by atoms with E-state index in [1.54, 1.807) is 6.92 Å². The molecular weight excluding hydrogens is 285 g/mol. The lowest BCUT2D eigenvalue weighted by atomic mass is 10.0. The van der Waals surface area contributed by atoms with Crippen molar-refractivity contribution in [3.8, 4) is 0 Å². The summed E-state index contributed by atoms with van der Waals surface area (Å²) >= 11 is 0. The van der Waals surface area contributed by atoms with Crippen LogP contribution in [0.4, 0.5) is 18.9 Å². The summed E-state index contributed by atoms with van der Waals surface area (Å²) in [6.45, 7) is 2.01. The lowest BCUT2D eigenvalue weighted by molar-refractivity contribution is -0.137. The molecule has 1 heterocycles. The Labute approximate surface area is 120 Å². The van der Waals surface area contributed by atoms with E-state index in [4.69, 9.17) is 10.5 Å².